The Bertz CT molecular complexity index is 808. The number of nitrogens with zero attached hydrogens (tertiary/aromatic N) is 2. The van der Waals surface area contributed by atoms with E-state index in [1.165, 1.54) is 17.8 Å². The van der Waals surface area contributed by atoms with Crippen molar-refractivity contribution in [2.24, 2.45) is 0 Å². The summed E-state index contributed by atoms with van der Waals surface area (Å²) >= 11 is 1.27. The van der Waals surface area contributed by atoms with Crippen LogP contribution in [-0.4, -0.2) is 21.3 Å². The van der Waals surface area contributed by atoms with E-state index in [-0.39, 0.29) is 23.6 Å². The van der Waals surface area contributed by atoms with Crippen molar-refractivity contribution in [3.8, 4) is 0 Å². The molecule has 0 spiro atoms. The van der Waals surface area contributed by atoms with E-state index in [1.54, 1.807) is 4.57 Å². The molecule has 1 aromatic carbocycles. The van der Waals surface area contributed by atoms with Gasteiger partial charge >= 0.3 is 5.69 Å². The van der Waals surface area contributed by atoms with Crippen LogP contribution in [0.3, 0.4) is 0 Å². The molecular weight excluding hydrogens is 334 g/mol. The first kappa shape index (κ1) is 17.1. The first-order chi connectivity index (χ1) is 11.6. The predicted octanol–water partition coefficient (Wildman–Crippen LogP) is 2.68. The van der Waals surface area contributed by atoms with Gasteiger partial charge in [0.2, 0.25) is 0 Å². The van der Waals surface area contributed by atoms with Gasteiger partial charge in [-0.2, -0.15) is 4.98 Å². The summed E-state index contributed by atoms with van der Waals surface area (Å²) in [7, 11) is 0. The molecule has 0 bridgehead atoms. The van der Waals surface area contributed by atoms with E-state index in [4.69, 9.17) is 5.11 Å². The first-order valence-corrected chi connectivity index (χ1v) is 8.89. The average Bonchev–Trinajstić information content (AvgIpc) is 3.04. The SMILES string of the molecule is O=c1nc(SCc2cc(F)ccc2F)c2c(n1CCCO)CCC2. The number of benzene rings is 1. The van der Waals surface area contributed by atoms with Crippen LogP contribution < -0.4 is 5.69 Å². The summed E-state index contributed by atoms with van der Waals surface area (Å²) in [5, 5.41) is 9.58. The monoisotopic (exact) mass is 352 g/mol. The van der Waals surface area contributed by atoms with Crippen molar-refractivity contribution in [2.45, 2.75) is 43.0 Å². The van der Waals surface area contributed by atoms with Gasteiger partial charge < -0.3 is 5.11 Å². The van der Waals surface area contributed by atoms with Crippen molar-refractivity contribution < 1.29 is 13.9 Å². The summed E-state index contributed by atoms with van der Waals surface area (Å²) in [6, 6.07) is 3.36. The molecule has 1 heterocycles. The molecule has 0 aliphatic heterocycles. The van der Waals surface area contributed by atoms with Gasteiger partial charge in [-0.3, -0.25) is 4.57 Å². The summed E-state index contributed by atoms with van der Waals surface area (Å²) in [6.45, 7) is 0.477. The zero-order valence-electron chi connectivity index (χ0n) is 13.1. The maximum atomic E-state index is 13.7. The molecule has 1 aromatic heterocycles. The van der Waals surface area contributed by atoms with E-state index in [9.17, 15) is 13.6 Å². The minimum absolute atomic E-state index is 0.0244. The second-order valence-corrected chi connectivity index (χ2v) is 6.70. The molecule has 0 fully saturated rings. The lowest BCUT2D eigenvalue weighted by molar-refractivity contribution is 0.277. The highest BCUT2D eigenvalue weighted by Gasteiger charge is 2.22. The second-order valence-electron chi connectivity index (χ2n) is 5.73. The topological polar surface area (TPSA) is 55.1 Å². The van der Waals surface area contributed by atoms with Crippen LogP contribution in [0, 0.1) is 11.6 Å². The van der Waals surface area contributed by atoms with E-state index in [0.717, 1.165) is 42.7 Å². The van der Waals surface area contributed by atoms with Gasteiger partial charge in [0.05, 0.1) is 0 Å². The summed E-state index contributed by atoms with van der Waals surface area (Å²) in [5.41, 5.74) is 1.91. The molecule has 0 saturated carbocycles. The van der Waals surface area contributed by atoms with Gasteiger partial charge in [0.15, 0.2) is 0 Å². The lowest BCUT2D eigenvalue weighted by atomic mass is 10.2. The fraction of sp³-hybridized carbons (Fsp3) is 0.412. The molecule has 0 radical (unpaired) electrons. The summed E-state index contributed by atoms with van der Waals surface area (Å²) in [6.07, 6.45) is 3.09. The smallest absolute Gasteiger partial charge is 0.348 e. The van der Waals surface area contributed by atoms with Gasteiger partial charge in [-0.15, -0.1) is 11.8 Å². The first-order valence-electron chi connectivity index (χ1n) is 7.90. The maximum Gasteiger partial charge on any atom is 0.348 e. The van der Waals surface area contributed by atoms with Crippen molar-refractivity contribution in [1.29, 1.82) is 0 Å². The van der Waals surface area contributed by atoms with Crippen LogP contribution in [0.5, 0.6) is 0 Å². The van der Waals surface area contributed by atoms with Crippen molar-refractivity contribution in [1.82, 2.24) is 9.55 Å². The Morgan fingerprint density at radius 2 is 2.12 bits per heavy atom. The Kier molecular flexibility index (Phi) is 5.30. The number of aromatic nitrogens is 2. The lowest BCUT2D eigenvalue weighted by Gasteiger charge is -2.13. The Morgan fingerprint density at radius 3 is 2.92 bits per heavy atom. The molecule has 0 amide bonds. The number of aliphatic hydroxyl groups excluding tert-OH is 1. The van der Waals surface area contributed by atoms with Crippen molar-refractivity contribution >= 4 is 11.8 Å². The third-order valence-corrected chi connectivity index (χ3v) is 5.18. The number of halogens is 2. The van der Waals surface area contributed by atoms with E-state index in [2.05, 4.69) is 4.98 Å². The predicted molar refractivity (Wildman–Crippen MR) is 88.1 cm³/mol. The molecule has 0 unspecified atom stereocenters. The Hall–Kier alpha value is -1.73. The van der Waals surface area contributed by atoms with Gasteiger partial charge in [0, 0.05) is 35.7 Å². The quantitative estimate of drug-likeness (QED) is 0.642. The third-order valence-electron chi connectivity index (χ3n) is 4.11. The normalized spacial score (nSPS) is 13.3. The molecule has 2 aromatic rings. The summed E-state index contributed by atoms with van der Waals surface area (Å²) < 4.78 is 28.6. The molecule has 7 heteroatoms. The molecule has 4 nitrogen and oxygen atoms in total. The number of thioether (sulfide) groups is 1. The van der Waals surface area contributed by atoms with Gasteiger partial charge in [-0.1, -0.05) is 0 Å². The van der Waals surface area contributed by atoms with Crippen molar-refractivity contribution in [3.63, 3.8) is 0 Å². The van der Waals surface area contributed by atoms with Crippen molar-refractivity contribution in [2.75, 3.05) is 6.61 Å². The van der Waals surface area contributed by atoms with Crippen LogP contribution >= 0.6 is 11.8 Å². The van der Waals surface area contributed by atoms with Gasteiger partial charge in [-0.05, 0) is 43.9 Å². The van der Waals surface area contributed by atoms with Crippen LogP contribution in [0.15, 0.2) is 28.0 Å². The Balaban J connectivity index is 1.87. The highest BCUT2D eigenvalue weighted by atomic mass is 32.2. The number of fused-ring (bicyclic) bond motifs is 1. The highest BCUT2D eigenvalue weighted by molar-refractivity contribution is 7.98. The van der Waals surface area contributed by atoms with Crippen LogP contribution in [0.4, 0.5) is 8.78 Å². The molecule has 24 heavy (non-hydrogen) atoms. The fourth-order valence-electron chi connectivity index (χ4n) is 2.97. The maximum absolute atomic E-state index is 13.7. The molecule has 0 saturated heterocycles. The minimum Gasteiger partial charge on any atom is -0.396 e. The van der Waals surface area contributed by atoms with E-state index in [0.29, 0.717) is 18.0 Å². The largest absolute Gasteiger partial charge is 0.396 e. The lowest BCUT2D eigenvalue weighted by Crippen LogP contribution is -2.27. The highest BCUT2D eigenvalue weighted by Crippen LogP contribution is 2.31. The fourth-order valence-corrected chi connectivity index (χ4v) is 4.02. The minimum atomic E-state index is -0.482. The molecular formula is C17H18F2N2O2S. The zero-order valence-corrected chi connectivity index (χ0v) is 13.9. The number of aliphatic hydroxyl groups is 1. The van der Waals surface area contributed by atoms with E-state index < -0.39 is 11.6 Å². The zero-order chi connectivity index (χ0) is 17.1. The van der Waals surface area contributed by atoms with E-state index >= 15 is 0 Å². The van der Waals surface area contributed by atoms with E-state index in [1.807, 2.05) is 0 Å². The average molecular weight is 352 g/mol. The van der Waals surface area contributed by atoms with Gasteiger partial charge in [0.25, 0.3) is 0 Å². The standard InChI is InChI=1S/C17H18F2N2O2S/c18-12-5-6-14(19)11(9-12)10-24-16-13-3-1-4-15(13)21(7-2-8-22)17(23)20-16/h5-6,9,22H,1-4,7-8,10H2. The Morgan fingerprint density at radius 1 is 1.29 bits per heavy atom. The van der Waals surface area contributed by atoms with Crippen LogP contribution in [0.1, 0.15) is 29.7 Å². The van der Waals surface area contributed by atoms with Gasteiger partial charge in [-0.25, -0.2) is 13.6 Å². The van der Waals surface area contributed by atoms with Crippen LogP contribution in [0.2, 0.25) is 0 Å². The molecule has 1 N–H and O–H groups in total. The summed E-state index contributed by atoms with van der Waals surface area (Å²) in [4.78, 5) is 16.4. The third kappa shape index (κ3) is 3.52. The number of hydrogen-bond acceptors (Lipinski definition) is 4. The number of rotatable bonds is 6. The van der Waals surface area contributed by atoms with Crippen LogP contribution in [0.25, 0.3) is 0 Å². The number of hydrogen-bond donors (Lipinski definition) is 1. The van der Waals surface area contributed by atoms with Crippen LogP contribution in [-0.2, 0) is 25.1 Å². The molecule has 3 rings (SSSR count). The summed E-state index contributed by atoms with van der Waals surface area (Å²) in [5.74, 6) is -0.718. The molecule has 1 aliphatic rings. The van der Waals surface area contributed by atoms with Gasteiger partial charge in [0.1, 0.15) is 16.7 Å². The van der Waals surface area contributed by atoms with Crippen molar-refractivity contribution in [3.05, 3.63) is 57.1 Å². The Labute approximate surface area is 142 Å². The molecule has 128 valence electrons. The molecule has 1 aliphatic carbocycles. The second kappa shape index (κ2) is 7.44. The molecule has 0 atom stereocenters.